The van der Waals surface area contributed by atoms with Gasteiger partial charge in [-0.05, 0) is 80.7 Å². The fraction of sp³-hybridized carbons (Fsp3) is 0.519. The van der Waals surface area contributed by atoms with Gasteiger partial charge in [-0.25, -0.2) is 4.79 Å². The first kappa shape index (κ1) is 25.5. The smallest absolute Gasteiger partial charge is 0.319 e. The Balaban J connectivity index is 1.50. The zero-order chi connectivity index (χ0) is 25.2. The molecule has 0 aliphatic heterocycles. The molecule has 0 saturated heterocycles. The summed E-state index contributed by atoms with van der Waals surface area (Å²) in [4.78, 5) is 14.0. The van der Waals surface area contributed by atoms with Gasteiger partial charge in [-0.2, -0.15) is 0 Å². The molecule has 0 spiro atoms. The molecule has 4 rings (SSSR count). The average molecular weight is 499 g/mol. The number of hydrogen-bond acceptors (Lipinski definition) is 6. The Hall–Kier alpha value is -2.55. The van der Waals surface area contributed by atoms with Gasteiger partial charge in [0.15, 0.2) is 0 Å². The lowest BCUT2D eigenvalue weighted by Gasteiger charge is -2.31. The van der Waals surface area contributed by atoms with Gasteiger partial charge in [0.2, 0.25) is 0 Å². The SMILES string of the molecule is C=C(Nc1sc2c(c1C(C)(O)NCC(C)C)CC(NC(=O)Nc1ccc(OC)cc1)CC2)C1CC1. The minimum Gasteiger partial charge on any atom is -0.497 e. The van der Waals surface area contributed by atoms with Crippen molar-refractivity contribution in [3.63, 3.8) is 0 Å². The molecule has 1 fully saturated rings. The molecule has 2 aliphatic rings. The summed E-state index contributed by atoms with van der Waals surface area (Å²) in [5, 5.41) is 25.4. The number of aryl methyl sites for hydroxylation is 1. The van der Waals surface area contributed by atoms with Crippen LogP contribution in [0.1, 0.15) is 56.0 Å². The standard InChI is InChI=1S/C27H38N4O3S/c1-16(2)15-28-27(4,33)24-22-14-20(31-26(32)30-19-8-11-21(34-5)12-9-19)10-13-23(22)35-25(24)29-17(3)18-6-7-18/h8-9,11-12,16,18,20,28-29,33H,3,6-7,10,13-15H2,1-2,4-5H3,(H2,30,31,32). The highest BCUT2D eigenvalue weighted by Gasteiger charge is 2.36. The molecule has 2 aromatic rings. The molecule has 2 aliphatic carbocycles. The number of methoxy groups -OCH3 is 1. The van der Waals surface area contributed by atoms with E-state index < -0.39 is 5.72 Å². The van der Waals surface area contributed by atoms with Crippen LogP contribution in [0.5, 0.6) is 5.75 Å². The van der Waals surface area contributed by atoms with Crippen LogP contribution >= 0.6 is 11.3 Å². The van der Waals surface area contributed by atoms with Crippen LogP contribution < -0.4 is 26.0 Å². The number of carbonyl (C=O) groups excluding carboxylic acids is 1. The number of ether oxygens (including phenoxy) is 1. The van der Waals surface area contributed by atoms with E-state index in [4.69, 9.17) is 4.74 Å². The van der Waals surface area contributed by atoms with Crippen LogP contribution in [0.25, 0.3) is 0 Å². The molecule has 190 valence electrons. The molecule has 0 radical (unpaired) electrons. The van der Waals surface area contributed by atoms with Crippen LogP contribution in [-0.2, 0) is 18.6 Å². The van der Waals surface area contributed by atoms with Gasteiger partial charge in [-0.15, -0.1) is 11.3 Å². The lowest BCUT2D eigenvalue weighted by Crippen LogP contribution is -2.44. The van der Waals surface area contributed by atoms with Crippen molar-refractivity contribution in [2.45, 2.75) is 64.6 Å². The number of anilines is 2. The van der Waals surface area contributed by atoms with Crippen LogP contribution in [0.3, 0.4) is 0 Å². The predicted octanol–water partition coefficient (Wildman–Crippen LogP) is 5.18. The number of rotatable bonds is 10. The second-order valence-electron chi connectivity index (χ2n) is 10.2. The number of nitrogens with one attached hydrogen (secondary N) is 4. The first-order valence-electron chi connectivity index (χ1n) is 12.5. The number of carbonyl (C=O) groups is 1. The third-order valence-electron chi connectivity index (χ3n) is 6.63. The van der Waals surface area contributed by atoms with Gasteiger partial charge >= 0.3 is 6.03 Å². The fourth-order valence-corrected chi connectivity index (χ4v) is 5.89. The second-order valence-corrected chi connectivity index (χ2v) is 11.4. The number of fused-ring (bicyclic) bond motifs is 1. The van der Waals surface area contributed by atoms with Crippen molar-refractivity contribution >= 4 is 28.1 Å². The number of hydrogen-bond donors (Lipinski definition) is 5. The van der Waals surface area contributed by atoms with E-state index >= 15 is 0 Å². The molecule has 2 amide bonds. The fourth-order valence-electron chi connectivity index (χ4n) is 4.51. The van der Waals surface area contributed by atoms with E-state index in [9.17, 15) is 9.90 Å². The van der Waals surface area contributed by atoms with Crippen molar-refractivity contribution in [3.8, 4) is 5.75 Å². The van der Waals surface area contributed by atoms with Crippen molar-refractivity contribution < 1.29 is 14.6 Å². The number of aliphatic hydroxyl groups is 1. The molecule has 2 unspecified atom stereocenters. The highest BCUT2D eigenvalue weighted by atomic mass is 32.1. The van der Waals surface area contributed by atoms with Crippen LogP contribution in [-0.4, -0.2) is 30.8 Å². The van der Waals surface area contributed by atoms with Gasteiger partial charge in [0, 0.05) is 34.4 Å². The van der Waals surface area contributed by atoms with Crippen molar-refractivity contribution in [1.82, 2.24) is 10.6 Å². The third kappa shape index (κ3) is 6.37. The summed E-state index contributed by atoms with van der Waals surface area (Å²) >= 11 is 1.71. The average Bonchev–Trinajstić information content (AvgIpc) is 3.60. The minimum absolute atomic E-state index is 0.0190. The maximum absolute atomic E-state index is 12.7. The quantitative estimate of drug-likeness (QED) is 0.291. The predicted molar refractivity (Wildman–Crippen MR) is 143 cm³/mol. The van der Waals surface area contributed by atoms with E-state index in [0.29, 0.717) is 30.5 Å². The highest BCUT2D eigenvalue weighted by molar-refractivity contribution is 7.16. The topological polar surface area (TPSA) is 94.7 Å². The molecular weight excluding hydrogens is 460 g/mol. The lowest BCUT2D eigenvalue weighted by molar-refractivity contribution is 0.0172. The molecule has 0 bridgehead atoms. The Kier molecular flexibility index (Phi) is 7.73. The van der Waals surface area contributed by atoms with Gasteiger partial charge < -0.3 is 25.8 Å². The van der Waals surface area contributed by atoms with Gasteiger partial charge in [-0.3, -0.25) is 5.32 Å². The Labute approximate surface area is 212 Å². The Morgan fingerprint density at radius 1 is 1.23 bits per heavy atom. The van der Waals surface area contributed by atoms with Crippen molar-refractivity contribution in [2.75, 3.05) is 24.3 Å². The van der Waals surface area contributed by atoms with Gasteiger partial charge in [0.25, 0.3) is 0 Å². The monoisotopic (exact) mass is 498 g/mol. The summed E-state index contributed by atoms with van der Waals surface area (Å²) in [6.45, 7) is 11.0. The molecule has 2 atom stereocenters. The maximum atomic E-state index is 12.7. The molecule has 1 saturated carbocycles. The third-order valence-corrected chi connectivity index (χ3v) is 7.84. The van der Waals surface area contributed by atoms with E-state index in [2.05, 4.69) is 41.7 Å². The van der Waals surface area contributed by atoms with E-state index in [1.165, 1.54) is 17.7 Å². The largest absolute Gasteiger partial charge is 0.497 e. The lowest BCUT2D eigenvalue weighted by atomic mass is 9.88. The molecule has 35 heavy (non-hydrogen) atoms. The van der Waals surface area contributed by atoms with Crippen LogP contribution in [0.4, 0.5) is 15.5 Å². The summed E-state index contributed by atoms with van der Waals surface area (Å²) in [7, 11) is 1.61. The van der Waals surface area contributed by atoms with Crippen LogP contribution in [0.15, 0.2) is 36.5 Å². The highest BCUT2D eigenvalue weighted by Crippen LogP contribution is 2.45. The van der Waals surface area contributed by atoms with Crippen LogP contribution in [0.2, 0.25) is 0 Å². The molecule has 5 N–H and O–H groups in total. The van der Waals surface area contributed by atoms with E-state index in [1.807, 2.05) is 31.2 Å². The van der Waals surface area contributed by atoms with Crippen molar-refractivity contribution in [1.29, 1.82) is 0 Å². The summed E-state index contributed by atoms with van der Waals surface area (Å²) in [5.74, 6) is 1.67. The van der Waals surface area contributed by atoms with Gasteiger partial charge in [0.05, 0.1) is 7.11 Å². The summed E-state index contributed by atoms with van der Waals surface area (Å²) in [6, 6.07) is 7.01. The normalized spacial score (nSPS) is 19.0. The molecule has 1 heterocycles. The number of benzene rings is 1. The molecule has 8 heteroatoms. The van der Waals surface area contributed by atoms with Gasteiger partial charge in [-0.1, -0.05) is 20.4 Å². The van der Waals surface area contributed by atoms with Gasteiger partial charge in [0.1, 0.15) is 16.5 Å². The molecule has 1 aromatic heterocycles. The number of allylic oxidation sites excluding steroid dienone is 1. The molecule has 1 aromatic carbocycles. The summed E-state index contributed by atoms with van der Waals surface area (Å²) in [6.07, 6.45) is 4.73. The Morgan fingerprint density at radius 2 is 1.94 bits per heavy atom. The first-order valence-corrected chi connectivity index (χ1v) is 13.3. The maximum Gasteiger partial charge on any atom is 0.319 e. The van der Waals surface area contributed by atoms with Crippen molar-refractivity contribution in [2.24, 2.45) is 11.8 Å². The second kappa shape index (κ2) is 10.6. The van der Waals surface area contributed by atoms with E-state index in [0.717, 1.165) is 40.4 Å². The van der Waals surface area contributed by atoms with E-state index in [1.54, 1.807) is 18.4 Å². The summed E-state index contributed by atoms with van der Waals surface area (Å²) in [5.41, 5.74) is 2.57. The minimum atomic E-state index is -1.19. The van der Waals surface area contributed by atoms with Crippen molar-refractivity contribution in [3.05, 3.63) is 52.5 Å². The molecular formula is C27H38N4O3S. The number of thiophene rings is 1. The zero-order valence-electron chi connectivity index (χ0n) is 21.2. The zero-order valence-corrected chi connectivity index (χ0v) is 22.0. The Bertz CT molecular complexity index is 1060. The number of amides is 2. The van der Waals surface area contributed by atoms with E-state index in [-0.39, 0.29) is 12.1 Å². The summed E-state index contributed by atoms with van der Waals surface area (Å²) < 4.78 is 5.18. The molecule has 7 nitrogen and oxygen atoms in total. The first-order chi connectivity index (χ1) is 16.7. The Morgan fingerprint density at radius 3 is 2.57 bits per heavy atom. The number of urea groups is 1. The van der Waals surface area contributed by atoms with Crippen LogP contribution in [0, 0.1) is 11.8 Å².